The van der Waals surface area contributed by atoms with Crippen molar-refractivity contribution < 1.29 is 4.79 Å². The molecule has 2 N–H and O–H groups in total. The molecule has 0 radical (unpaired) electrons. The van der Waals surface area contributed by atoms with Crippen LogP contribution in [0.4, 0.5) is 10.5 Å². The standard InChI is InChI=1S/C18H24ClN5O/c1-23-11-6-14(7-12-23)5-9-20-18(25)22-16-4-3-15(19)13-17(16)24-10-2-8-21-24/h2-4,8,10,13-14H,5-7,9,11-12H2,1H3,(H2,20,22,25). The van der Waals surface area contributed by atoms with Crippen LogP contribution in [0.15, 0.2) is 36.7 Å². The number of carbonyl (C=O) groups is 1. The summed E-state index contributed by atoms with van der Waals surface area (Å²) in [5.41, 5.74) is 1.41. The number of nitrogens with one attached hydrogen (secondary N) is 2. The minimum absolute atomic E-state index is 0.205. The summed E-state index contributed by atoms with van der Waals surface area (Å²) in [6, 6.07) is 6.94. The van der Waals surface area contributed by atoms with Gasteiger partial charge in [0.05, 0.1) is 11.4 Å². The van der Waals surface area contributed by atoms with E-state index in [0.29, 0.717) is 23.2 Å². The van der Waals surface area contributed by atoms with E-state index in [-0.39, 0.29) is 6.03 Å². The van der Waals surface area contributed by atoms with Crippen molar-refractivity contribution in [3.05, 3.63) is 41.7 Å². The zero-order valence-electron chi connectivity index (χ0n) is 14.4. The first kappa shape index (κ1) is 17.8. The number of anilines is 1. The van der Waals surface area contributed by atoms with E-state index in [4.69, 9.17) is 11.6 Å². The number of aromatic nitrogens is 2. The van der Waals surface area contributed by atoms with Crippen LogP contribution in [0.1, 0.15) is 19.3 Å². The average Bonchev–Trinajstić information content (AvgIpc) is 3.13. The summed E-state index contributed by atoms with van der Waals surface area (Å²) in [6.07, 6.45) is 6.94. The van der Waals surface area contributed by atoms with Crippen molar-refractivity contribution in [1.29, 1.82) is 0 Å². The van der Waals surface area contributed by atoms with Crippen molar-refractivity contribution in [2.24, 2.45) is 5.92 Å². The van der Waals surface area contributed by atoms with E-state index < -0.39 is 0 Å². The lowest BCUT2D eigenvalue weighted by molar-refractivity contribution is 0.211. The number of hydrogen-bond acceptors (Lipinski definition) is 3. The van der Waals surface area contributed by atoms with Crippen LogP contribution in [0.2, 0.25) is 5.02 Å². The molecule has 2 heterocycles. The highest BCUT2D eigenvalue weighted by molar-refractivity contribution is 6.30. The maximum atomic E-state index is 12.2. The fourth-order valence-electron chi connectivity index (χ4n) is 3.12. The number of piperidine rings is 1. The molecule has 2 aromatic rings. The monoisotopic (exact) mass is 361 g/mol. The summed E-state index contributed by atoms with van der Waals surface area (Å²) in [6.45, 7) is 2.98. The Morgan fingerprint density at radius 2 is 2.16 bits per heavy atom. The molecular weight excluding hydrogens is 338 g/mol. The van der Waals surface area contributed by atoms with Crippen LogP contribution in [0.5, 0.6) is 0 Å². The molecule has 1 saturated heterocycles. The number of amides is 2. The number of nitrogens with zero attached hydrogens (tertiary/aromatic N) is 3. The van der Waals surface area contributed by atoms with Gasteiger partial charge >= 0.3 is 6.03 Å². The van der Waals surface area contributed by atoms with Crippen molar-refractivity contribution in [2.75, 3.05) is 32.0 Å². The van der Waals surface area contributed by atoms with E-state index >= 15 is 0 Å². The van der Waals surface area contributed by atoms with Gasteiger partial charge in [-0.25, -0.2) is 9.48 Å². The topological polar surface area (TPSA) is 62.2 Å². The molecular formula is C18H24ClN5O. The number of halogens is 1. The number of rotatable bonds is 5. The molecule has 0 atom stereocenters. The van der Waals surface area contributed by atoms with Gasteiger partial charge in [-0.3, -0.25) is 0 Å². The van der Waals surface area contributed by atoms with Crippen molar-refractivity contribution in [2.45, 2.75) is 19.3 Å². The van der Waals surface area contributed by atoms with E-state index in [0.717, 1.165) is 25.2 Å². The van der Waals surface area contributed by atoms with Crippen LogP contribution < -0.4 is 10.6 Å². The Balaban J connectivity index is 1.53. The summed E-state index contributed by atoms with van der Waals surface area (Å²) in [5, 5.41) is 10.6. The maximum absolute atomic E-state index is 12.2. The highest BCUT2D eigenvalue weighted by atomic mass is 35.5. The Kier molecular flexibility index (Phi) is 5.94. The van der Waals surface area contributed by atoms with Crippen molar-refractivity contribution in [3.63, 3.8) is 0 Å². The normalized spacial score (nSPS) is 15.9. The van der Waals surface area contributed by atoms with Crippen LogP contribution in [0.3, 0.4) is 0 Å². The first-order valence-corrected chi connectivity index (χ1v) is 9.02. The number of urea groups is 1. The van der Waals surface area contributed by atoms with Crippen LogP contribution in [0.25, 0.3) is 5.69 Å². The fourth-order valence-corrected chi connectivity index (χ4v) is 3.28. The Labute approximate surface area is 153 Å². The molecule has 0 unspecified atom stereocenters. The lowest BCUT2D eigenvalue weighted by Crippen LogP contribution is -2.34. The molecule has 6 nitrogen and oxygen atoms in total. The van der Waals surface area contributed by atoms with E-state index in [2.05, 4.69) is 27.7 Å². The predicted molar refractivity (Wildman–Crippen MR) is 100 cm³/mol. The second-order valence-electron chi connectivity index (χ2n) is 6.53. The molecule has 0 saturated carbocycles. The molecule has 25 heavy (non-hydrogen) atoms. The zero-order chi connectivity index (χ0) is 17.6. The van der Waals surface area contributed by atoms with Gasteiger partial charge in [0.25, 0.3) is 0 Å². The third kappa shape index (κ3) is 4.96. The molecule has 1 aliphatic rings. The van der Waals surface area contributed by atoms with E-state index in [1.54, 1.807) is 29.1 Å². The second kappa shape index (κ2) is 8.36. The van der Waals surface area contributed by atoms with Crippen molar-refractivity contribution in [1.82, 2.24) is 20.0 Å². The highest BCUT2D eigenvalue weighted by Gasteiger charge is 2.16. The van der Waals surface area contributed by atoms with Crippen LogP contribution in [-0.2, 0) is 0 Å². The zero-order valence-corrected chi connectivity index (χ0v) is 15.2. The Morgan fingerprint density at radius 3 is 2.88 bits per heavy atom. The Bertz CT molecular complexity index is 695. The maximum Gasteiger partial charge on any atom is 0.319 e. The number of carbonyl (C=O) groups excluding carboxylic acids is 1. The average molecular weight is 362 g/mol. The highest BCUT2D eigenvalue weighted by Crippen LogP contribution is 2.24. The fraction of sp³-hybridized carbons (Fsp3) is 0.444. The second-order valence-corrected chi connectivity index (χ2v) is 6.96. The van der Waals surface area contributed by atoms with E-state index in [1.807, 2.05) is 12.3 Å². The SMILES string of the molecule is CN1CCC(CCNC(=O)Nc2ccc(Cl)cc2-n2cccn2)CC1. The van der Waals surface area contributed by atoms with Crippen LogP contribution in [-0.4, -0.2) is 47.4 Å². The van der Waals surface area contributed by atoms with E-state index in [9.17, 15) is 4.79 Å². The van der Waals surface area contributed by atoms with E-state index in [1.165, 1.54) is 12.8 Å². The van der Waals surface area contributed by atoms with Gasteiger partial charge in [0, 0.05) is 24.0 Å². The molecule has 0 spiro atoms. The van der Waals surface area contributed by atoms with Gasteiger partial charge < -0.3 is 15.5 Å². The van der Waals surface area contributed by atoms with Crippen LogP contribution >= 0.6 is 11.6 Å². The summed E-state index contributed by atoms with van der Waals surface area (Å²) in [5.74, 6) is 0.701. The number of benzene rings is 1. The van der Waals surface area contributed by atoms with Crippen molar-refractivity contribution >= 4 is 23.3 Å². The quantitative estimate of drug-likeness (QED) is 0.858. The van der Waals surface area contributed by atoms with Gasteiger partial charge in [0.2, 0.25) is 0 Å². The smallest absolute Gasteiger partial charge is 0.319 e. The Morgan fingerprint density at radius 1 is 1.36 bits per heavy atom. The molecule has 2 amide bonds. The summed E-state index contributed by atoms with van der Waals surface area (Å²) < 4.78 is 1.68. The first-order valence-electron chi connectivity index (χ1n) is 8.65. The van der Waals surface area contributed by atoms with Gasteiger partial charge in [0.15, 0.2) is 0 Å². The third-order valence-electron chi connectivity index (χ3n) is 4.64. The van der Waals surface area contributed by atoms with Gasteiger partial charge in [-0.2, -0.15) is 5.10 Å². The molecule has 3 rings (SSSR count). The number of hydrogen-bond donors (Lipinski definition) is 2. The molecule has 1 fully saturated rings. The van der Waals surface area contributed by atoms with Gasteiger partial charge in [-0.15, -0.1) is 0 Å². The molecule has 0 bridgehead atoms. The van der Waals surface area contributed by atoms with Gasteiger partial charge in [-0.1, -0.05) is 11.6 Å². The summed E-state index contributed by atoms with van der Waals surface area (Å²) >= 11 is 6.08. The van der Waals surface area contributed by atoms with Gasteiger partial charge in [0.1, 0.15) is 0 Å². The molecule has 7 heteroatoms. The van der Waals surface area contributed by atoms with Crippen molar-refractivity contribution in [3.8, 4) is 5.69 Å². The largest absolute Gasteiger partial charge is 0.338 e. The molecule has 1 aromatic heterocycles. The minimum Gasteiger partial charge on any atom is -0.338 e. The Hall–Kier alpha value is -2.05. The lowest BCUT2D eigenvalue weighted by atomic mass is 9.94. The summed E-state index contributed by atoms with van der Waals surface area (Å²) in [4.78, 5) is 14.6. The number of likely N-dealkylation sites (tertiary alicyclic amines) is 1. The molecule has 1 aromatic carbocycles. The molecule has 0 aliphatic carbocycles. The third-order valence-corrected chi connectivity index (χ3v) is 4.87. The summed E-state index contributed by atoms with van der Waals surface area (Å²) in [7, 11) is 2.16. The first-order chi connectivity index (χ1) is 12.1. The lowest BCUT2D eigenvalue weighted by Gasteiger charge is -2.28. The van der Waals surface area contributed by atoms with Gasteiger partial charge in [-0.05, 0) is 69.6 Å². The molecule has 134 valence electrons. The van der Waals surface area contributed by atoms with Crippen LogP contribution in [0, 0.1) is 5.92 Å². The predicted octanol–water partition coefficient (Wildman–Crippen LogP) is 3.38. The molecule has 1 aliphatic heterocycles. The minimum atomic E-state index is -0.205.